The lowest BCUT2D eigenvalue weighted by molar-refractivity contribution is -0.137. The zero-order chi connectivity index (χ0) is 23.2. The summed E-state index contributed by atoms with van der Waals surface area (Å²) >= 11 is 0. The fraction of sp³-hybridized carbons (Fsp3) is 0.280. The molecule has 2 aromatic carbocycles. The molecular formula is C25H24F3N5. The van der Waals surface area contributed by atoms with Gasteiger partial charge in [0.15, 0.2) is 5.65 Å². The van der Waals surface area contributed by atoms with Gasteiger partial charge in [0.2, 0.25) is 0 Å². The molecule has 2 aromatic heterocycles. The highest BCUT2D eigenvalue weighted by molar-refractivity contribution is 5.81. The maximum atomic E-state index is 13.1. The predicted molar refractivity (Wildman–Crippen MR) is 124 cm³/mol. The maximum Gasteiger partial charge on any atom is 0.416 e. The molecule has 0 unspecified atom stereocenters. The average molecular weight is 451 g/mol. The largest absolute Gasteiger partial charge is 0.416 e. The van der Waals surface area contributed by atoms with Gasteiger partial charge in [-0.1, -0.05) is 36.4 Å². The van der Waals surface area contributed by atoms with Crippen LogP contribution in [0.1, 0.15) is 17.0 Å². The molecule has 33 heavy (non-hydrogen) atoms. The van der Waals surface area contributed by atoms with E-state index in [-0.39, 0.29) is 0 Å². The van der Waals surface area contributed by atoms with Crippen molar-refractivity contribution in [2.75, 3.05) is 36.0 Å². The van der Waals surface area contributed by atoms with Gasteiger partial charge in [-0.2, -0.15) is 22.8 Å². The molecule has 0 atom stereocenters. The zero-order valence-corrected chi connectivity index (χ0v) is 18.5. The number of halogens is 3. The van der Waals surface area contributed by atoms with E-state index in [1.807, 2.05) is 47.5 Å². The second-order valence-electron chi connectivity index (χ2n) is 8.34. The van der Waals surface area contributed by atoms with E-state index in [1.165, 1.54) is 12.1 Å². The van der Waals surface area contributed by atoms with Gasteiger partial charge < -0.3 is 9.80 Å². The minimum absolute atomic E-state index is 0.599. The van der Waals surface area contributed by atoms with Crippen molar-refractivity contribution in [3.8, 4) is 11.1 Å². The summed E-state index contributed by atoms with van der Waals surface area (Å²) in [7, 11) is 0. The fourth-order valence-electron chi connectivity index (χ4n) is 4.47. The standard InChI is InChI=1S/C25H24F3N5/c1-17-15-22(33-24(29-17)23(18(2)30-33)19-7-4-3-5-8-19)32-13-11-31(12-14-32)21-10-6-9-20(16-21)25(26,27)28/h3-10,15-16H,11-14H2,1-2H3. The van der Waals surface area contributed by atoms with Gasteiger partial charge in [0, 0.05) is 49.2 Å². The number of nitrogens with zero attached hydrogens (tertiary/aromatic N) is 5. The molecule has 1 saturated heterocycles. The van der Waals surface area contributed by atoms with Crippen molar-refractivity contribution in [2.45, 2.75) is 20.0 Å². The van der Waals surface area contributed by atoms with Gasteiger partial charge >= 0.3 is 6.18 Å². The molecule has 5 nitrogen and oxygen atoms in total. The normalized spacial score (nSPS) is 14.8. The van der Waals surface area contributed by atoms with Crippen molar-refractivity contribution < 1.29 is 13.2 Å². The van der Waals surface area contributed by atoms with Crippen LogP contribution in [0.5, 0.6) is 0 Å². The highest BCUT2D eigenvalue weighted by atomic mass is 19.4. The molecule has 0 saturated carbocycles. The summed E-state index contributed by atoms with van der Waals surface area (Å²) in [6.45, 7) is 6.55. The average Bonchev–Trinajstić information content (AvgIpc) is 3.14. The third kappa shape index (κ3) is 4.01. The third-order valence-electron chi connectivity index (χ3n) is 6.08. The van der Waals surface area contributed by atoms with Crippen molar-refractivity contribution in [3.63, 3.8) is 0 Å². The van der Waals surface area contributed by atoms with Crippen molar-refractivity contribution in [1.29, 1.82) is 0 Å². The molecule has 170 valence electrons. The van der Waals surface area contributed by atoms with E-state index in [0.29, 0.717) is 31.9 Å². The molecule has 0 bridgehead atoms. The van der Waals surface area contributed by atoms with Crippen LogP contribution in [0, 0.1) is 13.8 Å². The molecule has 0 radical (unpaired) electrons. The Morgan fingerprint density at radius 2 is 1.52 bits per heavy atom. The number of aryl methyl sites for hydroxylation is 2. The van der Waals surface area contributed by atoms with Gasteiger partial charge in [-0.15, -0.1) is 0 Å². The number of piperazine rings is 1. The Labute approximate surface area is 190 Å². The van der Waals surface area contributed by atoms with Crippen molar-refractivity contribution >= 4 is 17.2 Å². The molecule has 8 heteroatoms. The molecule has 0 aliphatic carbocycles. The number of hydrogen-bond acceptors (Lipinski definition) is 4. The predicted octanol–water partition coefficient (Wildman–Crippen LogP) is 5.36. The lowest BCUT2D eigenvalue weighted by atomic mass is 10.1. The summed E-state index contributed by atoms with van der Waals surface area (Å²) in [5.74, 6) is 0.950. The first-order valence-corrected chi connectivity index (χ1v) is 10.9. The van der Waals surface area contributed by atoms with Gasteiger partial charge in [0.1, 0.15) is 5.82 Å². The first kappa shape index (κ1) is 21.3. The Morgan fingerprint density at radius 3 is 2.21 bits per heavy atom. The van der Waals surface area contributed by atoms with Crippen LogP contribution in [-0.2, 0) is 6.18 Å². The van der Waals surface area contributed by atoms with Crippen molar-refractivity contribution in [2.24, 2.45) is 0 Å². The minimum Gasteiger partial charge on any atom is -0.368 e. The highest BCUT2D eigenvalue weighted by Gasteiger charge is 2.31. The van der Waals surface area contributed by atoms with Crippen LogP contribution in [0.4, 0.5) is 24.7 Å². The highest BCUT2D eigenvalue weighted by Crippen LogP contribution is 2.33. The molecule has 4 aromatic rings. The maximum absolute atomic E-state index is 13.1. The summed E-state index contributed by atoms with van der Waals surface area (Å²) in [6.07, 6.45) is -4.34. The Hall–Kier alpha value is -3.55. The Balaban J connectivity index is 1.44. The van der Waals surface area contributed by atoms with E-state index in [0.717, 1.165) is 40.0 Å². The Bertz CT molecular complexity index is 1290. The molecule has 1 aliphatic rings. The number of rotatable bonds is 3. The number of hydrogen-bond donors (Lipinski definition) is 0. The van der Waals surface area contributed by atoms with Crippen molar-refractivity contribution in [1.82, 2.24) is 14.6 Å². The van der Waals surface area contributed by atoms with E-state index in [9.17, 15) is 13.2 Å². The first-order chi connectivity index (χ1) is 15.8. The molecule has 0 amide bonds. The number of alkyl halides is 3. The van der Waals surface area contributed by atoms with Crippen molar-refractivity contribution in [3.05, 3.63) is 77.6 Å². The Morgan fingerprint density at radius 1 is 0.818 bits per heavy atom. The van der Waals surface area contributed by atoms with E-state index >= 15 is 0 Å². The molecule has 0 N–H and O–H groups in total. The van der Waals surface area contributed by atoms with E-state index in [2.05, 4.69) is 17.0 Å². The quantitative estimate of drug-likeness (QED) is 0.420. The molecule has 5 rings (SSSR count). The van der Waals surface area contributed by atoms with Crippen LogP contribution in [0.2, 0.25) is 0 Å². The fourth-order valence-corrected chi connectivity index (χ4v) is 4.47. The van der Waals surface area contributed by atoms with Gasteiger partial charge in [-0.25, -0.2) is 4.98 Å². The molecule has 1 fully saturated rings. The summed E-state index contributed by atoms with van der Waals surface area (Å²) < 4.78 is 41.3. The van der Waals surface area contributed by atoms with E-state index in [4.69, 9.17) is 10.1 Å². The summed E-state index contributed by atoms with van der Waals surface area (Å²) in [4.78, 5) is 9.01. The summed E-state index contributed by atoms with van der Waals surface area (Å²) in [6, 6.07) is 17.7. The molecule has 3 heterocycles. The van der Waals surface area contributed by atoms with Crippen LogP contribution in [0.25, 0.3) is 16.8 Å². The van der Waals surface area contributed by atoms with Gasteiger partial charge in [-0.3, -0.25) is 0 Å². The lowest BCUT2D eigenvalue weighted by Crippen LogP contribution is -2.47. The summed E-state index contributed by atoms with van der Waals surface area (Å²) in [5, 5.41) is 4.80. The van der Waals surface area contributed by atoms with E-state index in [1.54, 1.807) is 6.07 Å². The number of anilines is 2. The monoisotopic (exact) mass is 451 g/mol. The summed E-state index contributed by atoms with van der Waals surface area (Å²) in [5.41, 5.74) is 4.69. The Kier molecular flexibility index (Phi) is 5.23. The van der Waals surface area contributed by atoms with Crippen LogP contribution in [-0.4, -0.2) is 40.8 Å². The number of fused-ring (bicyclic) bond motifs is 1. The van der Waals surface area contributed by atoms with Gasteiger partial charge in [0.05, 0.1) is 11.3 Å². The van der Waals surface area contributed by atoms with Crippen LogP contribution >= 0.6 is 0 Å². The first-order valence-electron chi connectivity index (χ1n) is 10.9. The van der Waals surface area contributed by atoms with Crippen LogP contribution in [0.3, 0.4) is 0 Å². The lowest BCUT2D eigenvalue weighted by Gasteiger charge is -2.37. The smallest absolute Gasteiger partial charge is 0.368 e. The third-order valence-corrected chi connectivity index (χ3v) is 6.08. The second-order valence-corrected chi connectivity index (χ2v) is 8.34. The zero-order valence-electron chi connectivity index (χ0n) is 18.5. The second kappa shape index (κ2) is 8.10. The van der Waals surface area contributed by atoms with Gasteiger partial charge in [-0.05, 0) is 37.6 Å². The molecule has 0 spiro atoms. The van der Waals surface area contributed by atoms with Crippen LogP contribution in [0.15, 0.2) is 60.7 Å². The SMILES string of the molecule is Cc1cc(N2CCN(c3cccc(C(F)(F)F)c3)CC2)n2nc(C)c(-c3ccccc3)c2n1. The number of benzene rings is 2. The molecule has 1 aliphatic heterocycles. The molecular weight excluding hydrogens is 427 g/mol. The van der Waals surface area contributed by atoms with Gasteiger partial charge in [0.25, 0.3) is 0 Å². The topological polar surface area (TPSA) is 36.7 Å². The van der Waals surface area contributed by atoms with E-state index < -0.39 is 11.7 Å². The minimum atomic E-state index is -4.34. The number of aromatic nitrogens is 3. The van der Waals surface area contributed by atoms with Crippen LogP contribution < -0.4 is 9.80 Å².